The molecule has 0 radical (unpaired) electrons. The maximum Gasteiger partial charge on any atom is 0.132 e. The van der Waals surface area contributed by atoms with Gasteiger partial charge in [0.2, 0.25) is 0 Å². The van der Waals surface area contributed by atoms with Crippen molar-refractivity contribution < 1.29 is 14.3 Å². The second kappa shape index (κ2) is 5.30. The molecule has 2 aliphatic heterocycles. The highest BCUT2D eigenvalue weighted by atomic mass is 16.5. The minimum atomic E-state index is -0.468. The molecule has 1 spiro atoms. The summed E-state index contributed by atoms with van der Waals surface area (Å²) in [4.78, 5) is 4.46. The number of aromatic nitrogens is 1. The second-order valence-electron chi connectivity index (χ2n) is 8.59. The Morgan fingerprint density at radius 3 is 3.00 bits per heavy atom. The average molecular weight is 351 g/mol. The fourth-order valence-corrected chi connectivity index (χ4v) is 6.44. The molecular weight excluding hydrogens is 324 g/mol. The molecule has 1 aromatic carbocycles. The van der Waals surface area contributed by atoms with E-state index >= 15 is 0 Å². The first-order valence-corrected chi connectivity index (χ1v) is 9.63. The van der Waals surface area contributed by atoms with Crippen LogP contribution < -0.4 is 4.74 Å². The number of hydrogen-bond acceptors (Lipinski definition) is 3. The summed E-state index contributed by atoms with van der Waals surface area (Å²) in [7, 11) is 4.03. The van der Waals surface area contributed by atoms with Crippen LogP contribution in [0.15, 0.2) is 43.1 Å². The lowest BCUT2D eigenvalue weighted by Crippen LogP contribution is -2.81. The lowest BCUT2D eigenvalue weighted by Gasteiger charge is -2.69. The van der Waals surface area contributed by atoms with Crippen LogP contribution >= 0.6 is 0 Å². The van der Waals surface area contributed by atoms with Crippen LogP contribution in [0.2, 0.25) is 0 Å². The number of quaternary nitrogens is 1. The Kier molecular flexibility index (Phi) is 3.32. The number of aliphatic hydroxyl groups is 1. The summed E-state index contributed by atoms with van der Waals surface area (Å²) < 4.78 is 6.41. The molecule has 5 rings (SSSR count). The van der Waals surface area contributed by atoms with E-state index in [1.807, 2.05) is 30.5 Å². The number of aliphatic hydroxyl groups excluding tert-OH is 1. The first-order chi connectivity index (χ1) is 12.5. The first kappa shape index (κ1) is 16.3. The topological polar surface area (TPSA) is 42.4 Å². The molecular formula is C22H27N2O2+. The molecule has 6 unspecified atom stereocenters. The van der Waals surface area contributed by atoms with Crippen LogP contribution in [0, 0.1) is 11.8 Å². The van der Waals surface area contributed by atoms with Crippen LogP contribution in [-0.4, -0.2) is 46.9 Å². The Balaban J connectivity index is 1.50. The normalized spacial score (nSPS) is 38.7. The van der Waals surface area contributed by atoms with E-state index in [0.717, 1.165) is 39.0 Å². The van der Waals surface area contributed by atoms with Gasteiger partial charge in [-0.25, -0.2) is 0 Å². The summed E-state index contributed by atoms with van der Waals surface area (Å²) in [6.45, 7) is 5.19. The lowest BCUT2D eigenvalue weighted by molar-refractivity contribution is -1.03. The van der Waals surface area contributed by atoms with E-state index in [4.69, 9.17) is 4.74 Å². The van der Waals surface area contributed by atoms with Gasteiger partial charge in [0.05, 0.1) is 32.6 Å². The summed E-state index contributed by atoms with van der Waals surface area (Å²) in [5.41, 5.74) is 2.29. The lowest BCUT2D eigenvalue weighted by atomic mass is 9.52. The highest BCUT2D eigenvalue weighted by Crippen LogP contribution is 2.68. The molecule has 3 aliphatic rings. The van der Waals surface area contributed by atoms with Gasteiger partial charge >= 0.3 is 0 Å². The highest BCUT2D eigenvalue weighted by molar-refractivity contribution is 5.83. The van der Waals surface area contributed by atoms with Gasteiger partial charge in [0.15, 0.2) is 0 Å². The zero-order valence-corrected chi connectivity index (χ0v) is 15.6. The Bertz CT molecular complexity index is 897. The number of pyridine rings is 1. The molecule has 0 amide bonds. The zero-order chi connectivity index (χ0) is 18.1. The average Bonchev–Trinajstić information content (AvgIpc) is 2.80. The van der Waals surface area contributed by atoms with Gasteiger partial charge < -0.3 is 14.3 Å². The summed E-state index contributed by atoms with van der Waals surface area (Å²) in [5.74, 6) is 2.25. The van der Waals surface area contributed by atoms with E-state index in [1.54, 1.807) is 7.11 Å². The molecule has 136 valence electrons. The maximum absolute atomic E-state index is 11.4. The number of rotatable bonds is 4. The van der Waals surface area contributed by atoms with Crippen molar-refractivity contribution in [3.63, 3.8) is 0 Å². The van der Waals surface area contributed by atoms with Crippen LogP contribution in [0.3, 0.4) is 0 Å². The van der Waals surface area contributed by atoms with Crippen LogP contribution in [0.5, 0.6) is 5.75 Å². The number of hydrogen-bond donors (Lipinski definition) is 1. The van der Waals surface area contributed by atoms with Crippen molar-refractivity contribution in [2.75, 3.05) is 20.7 Å². The number of ether oxygens (including phenoxy) is 1. The summed E-state index contributed by atoms with van der Waals surface area (Å²) in [5, 5.41) is 12.4. The van der Waals surface area contributed by atoms with Gasteiger partial charge in [0, 0.05) is 30.3 Å². The highest BCUT2D eigenvalue weighted by Gasteiger charge is 2.77. The molecule has 1 aromatic heterocycles. The predicted molar refractivity (Wildman–Crippen MR) is 102 cm³/mol. The summed E-state index contributed by atoms with van der Waals surface area (Å²) in [6.07, 6.45) is 7.12. The molecule has 4 heteroatoms. The number of allylic oxidation sites excluding steroid dienone is 1. The molecule has 3 heterocycles. The van der Waals surface area contributed by atoms with Crippen LogP contribution in [0.25, 0.3) is 10.9 Å². The molecule has 6 atom stereocenters. The van der Waals surface area contributed by atoms with E-state index in [-0.39, 0.29) is 6.04 Å². The molecule has 1 N–H and O–H groups in total. The smallest absolute Gasteiger partial charge is 0.132 e. The summed E-state index contributed by atoms with van der Waals surface area (Å²) >= 11 is 0. The van der Waals surface area contributed by atoms with Crippen LogP contribution in [0.1, 0.15) is 30.9 Å². The molecule has 1 saturated carbocycles. The SMILES string of the molecule is C=CC1CC23CC(C(O)c4ccnc5ccc(OC)cc45)[N+]2(C)CCC13. The van der Waals surface area contributed by atoms with Gasteiger partial charge in [-0.2, -0.15) is 0 Å². The van der Waals surface area contributed by atoms with Crippen molar-refractivity contribution in [3.05, 3.63) is 48.7 Å². The van der Waals surface area contributed by atoms with Gasteiger partial charge in [-0.3, -0.25) is 4.98 Å². The van der Waals surface area contributed by atoms with Crippen molar-refractivity contribution in [2.24, 2.45) is 11.8 Å². The Morgan fingerprint density at radius 2 is 2.23 bits per heavy atom. The van der Waals surface area contributed by atoms with E-state index in [2.05, 4.69) is 24.7 Å². The summed E-state index contributed by atoms with van der Waals surface area (Å²) in [6, 6.07) is 8.13. The van der Waals surface area contributed by atoms with Gasteiger partial charge in [-0.1, -0.05) is 6.08 Å². The number of nitrogens with zero attached hydrogens (tertiary/aromatic N) is 2. The first-order valence-electron chi connectivity index (χ1n) is 9.63. The number of methoxy groups -OCH3 is 1. The molecule has 26 heavy (non-hydrogen) atoms. The molecule has 2 saturated heterocycles. The van der Waals surface area contributed by atoms with E-state index < -0.39 is 6.10 Å². The van der Waals surface area contributed by atoms with Crippen LogP contribution in [0.4, 0.5) is 0 Å². The van der Waals surface area contributed by atoms with Gasteiger partial charge in [0.1, 0.15) is 23.4 Å². The van der Waals surface area contributed by atoms with E-state index in [1.165, 1.54) is 19.4 Å². The Morgan fingerprint density at radius 1 is 1.38 bits per heavy atom. The fraction of sp³-hybridized carbons (Fsp3) is 0.500. The quantitative estimate of drug-likeness (QED) is 0.678. The van der Waals surface area contributed by atoms with E-state index in [0.29, 0.717) is 11.5 Å². The minimum absolute atomic E-state index is 0.266. The fourth-order valence-electron chi connectivity index (χ4n) is 6.44. The minimum Gasteiger partial charge on any atom is -0.497 e. The third-order valence-corrected chi connectivity index (χ3v) is 7.98. The van der Waals surface area contributed by atoms with E-state index in [9.17, 15) is 5.11 Å². The largest absolute Gasteiger partial charge is 0.497 e. The third-order valence-electron chi connectivity index (χ3n) is 7.98. The Labute approximate surface area is 154 Å². The van der Waals surface area contributed by atoms with Crippen LogP contribution in [-0.2, 0) is 0 Å². The van der Waals surface area contributed by atoms with Gasteiger partial charge in [-0.15, -0.1) is 6.58 Å². The second-order valence-corrected chi connectivity index (χ2v) is 8.59. The van der Waals surface area contributed by atoms with Crippen molar-refractivity contribution in [1.82, 2.24) is 4.98 Å². The predicted octanol–water partition coefficient (Wildman–Crippen LogP) is 3.46. The van der Waals surface area contributed by atoms with Gasteiger partial charge in [0.25, 0.3) is 0 Å². The molecule has 2 aromatic rings. The molecule has 0 bridgehead atoms. The van der Waals surface area contributed by atoms with Crippen molar-refractivity contribution in [2.45, 2.75) is 36.9 Å². The standard InChI is InChI=1S/C22H27N2O2/c1-4-14-12-22-13-20(24(22,2)10-8-18(14)22)21(25)16-7-9-23-19-6-5-15(26-3)11-17(16)19/h4-7,9,11,14,18,20-21,25H,1,8,10,12-13H2,2-3H3/q+1. The third kappa shape index (κ3) is 1.79. The molecule has 4 nitrogen and oxygen atoms in total. The molecule has 3 fully saturated rings. The number of benzene rings is 1. The van der Waals surface area contributed by atoms with Crippen molar-refractivity contribution in [3.8, 4) is 5.75 Å². The van der Waals surface area contributed by atoms with Crippen molar-refractivity contribution in [1.29, 1.82) is 0 Å². The number of likely N-dealkylation sites (N-methyl/N-ethyl adjacent to an activating group) is 1. The monoisotopic (exact) mass is 351 g/mol. The maximum atomic E-state index is 11.4. The number of fused-ring (bicyclic) bond motifs is 1. The van der Waals surface area contributed by atoms with Crippen molar-refractivity contribution >= 4 is 10.9 Å². The van der Waals surface area contributed by atoms with Gasteiger partial charge in [-0.05, 0) is 35.7 Å². The zero-order valence-electron chi connectivity index (χ0n) is 15.6. The molecule has 1 aliphatic carbocycles. The Hall–Kier alpha value is -1.91.